The van der Waals surface area contributed by atoms with Gasteiger partial charge in [-0.15, -0.1) is 0 Å². The van der Waals surface area contributed by atoms with Crippen molar-refractivity contribution in [1.82, 2.24) is 16.0 Å². The molecule has 0 saturated heterocycles. The molecule has 0 aliphatic rings. The number of hydrogen-bond acceptors (Lipinski definition) is 6. The summed E-state index contributed by atoms with van der Waals surface area (Å²) in [4.78, 5) is 34.2. The second-order valence-corrected chi connectivity index (χ2v) is 6.56. The van der Waals surface area contributed by atoms with Gasteiger partial charge >= 0.3 is 0 Å². The Bertz CT molecular complexity index is 666. The van der Waals surface area contributed by atoms with Gasteiger partial charge in [0, 0.05) is 39.0 Å². The molecule has 0 heterocycles. The number of rotatable bonds is 12. The summed E-state index contributed by atoms with van der Waals surface area (Å²) < 4.78 is 0. The number of aromatic hydroxyl groups is 2. The molecule has 0 saturated carbocycles. The van der Waals surface area contributed by atoms with Crippen LogP contribution in [-0.4, -0.2) is 53.6 Å². The quantitative estimate of drug-likeness (QED) is 0.222. The molecule has 0 spiro atoms. The second-order valence-electron chi connectivity index (χ2n) is 6.56. The molecule has 1 rings (SSSR count). The number of amides is 3. The van der Waals surface area contributed by atoms with Crippen molar-refractivity contribution in [1.29, 1.82) is 0 Å². The van der Waals surface area contributed by atoms with Gasteiger partial charge in [0.25, 0.3) is 5.91 Å². The minimum atomic E-state index is -0.455. The maximum Gasteiger partial charge on any atom is 0.255 e. The highest BCUT2D eigenvalue weighted by Gasteiger charge is 2.13. The van der Waals surface area contributed by atoms with Gasteiger partial charge in [-0.05, 0) is 37.8 Å². The molecule has 3 amide bonds. The lowest BCUT2D eigenvalue weighted by Gasteiger charge is -2.12. The molecule has 9 heteroatoms. The lowest BCUT2D eigenvalue weighted by molar-refractivity contribution is -0.121. The summed E-state index contributed by atoms with van der Waals surface area (Å²) >= 11 is 0. The number of carbonyl (C=O) groups is 3. The summed E-state index contributed by atoms with van der Waals surface area (Å²) in [6.07, 6.45) is 3.13. The van der Waals surface area contributed by atoms with E-state index in [1.54, 1.807) is 0 Å². The third-order valence-electron chi connectivity index (χ3n) is 4.10. The van der Waals surface area contributed by atoms with Crippen LogP contribution in [0.5, 0.6) is 11.5 Å². The summed E-state index contributed by atoms with van der Waals surface area (Å²) in [7, 11) is 0. The summed E-state index contributed by atoms with van der Waals surface area (Å²) in [5, 5.41) is 27.1. The van der Waals surface area contributed by atoms with Crippen molar-refractivity contribution < 1.29 is 24.6 Å². The number of hydrogen-bond donors (Lipinski definition) is 6. The molecular weight excluding hydrogens is 364 g/mol. The van der Waals surface area contributed by atoms with Crippen LogP contribution in [0.25, 0.3) is 0 Å². The van der Waals surface area contributed by atoms with E-state index < -0.39 is 11.7 Å². The molecule has 1 aromatic rings. The minimum Gasteiger partial charge on any atom is -0.504 e. The SMILES string of the molecule is CC(=O)NCCC(=O)NCCCC(N)CCCNC(=O)c1cccc(O)c1O. The molecule has 0 aromatic heterocycles. The predicted molar refractivity (Wildman–Crippen MR) is 105 cm³/mol. The monoisotopic (exact) mass is 394 g/mol. The van der Waals surface area contributed by atoms with E-state index in [9.17, 15) is 24.6 Å². The van der Waals surface area contributed by atoms with Gasteiger partial charge in [-0.3, -0.25) is 14.4 Å². The summed E-state index contributed by atoms with van der Waals surface area (Å²) in [5.41, 5.74) is 6.06. The standard InChI is InChI=1S/C19H30N4O5/c1-13(24)21-12-9-17(26)22-10-3-5-14(20)6-4-11-23-19(28)15-7-2-8-16(25)18(15)27/h2,7-8,14,25,27H,3-6,9-12,20H2,1H3,(H,21,24)(H,22,26)(H,23,28). The molecule has 0 aliphatic carbocycles. The Hall–Kier alpha value is -2.81. The Morgan fingerprint density at radius 1 is 1.00 bits per heavy atom. The lowest BCUT2D eigenvalue weighted by atomic mass is 10.1. The van der Waals surface area contributed by atoms with Gasteiger partial charge < -0.3 is 31.9 Å². The highest BCUT2D eigenvalue weighted by Crippen LogP contribution is 2.27. The molecule has 0 fully saturated rings. The Kier molecular flexibility index (Phi) is 10.4. The molecule has 1 atom stereocenters. The molecular formula is C19H30N4O5. The normalized spacial score (nSPS) is 11.5. The Labute approximate surface area is 164 Å². The fourth-order valence-electron chi connectivity index (χ4n) is 2.55. The van der Waals surface area contributed by atoms with Gasteiger partial charge in [-0.25, -0.2) is 0 Å². The van der Waals surface area contributed by atoms with Crippen LogP contribution in [0.2, 0.25) is 0 Å². The van der Waals surface area contributed by atoms with Crippen LogP contribution in [0.15, 0.2) is 18.2 Å². The van der Waals surface area contributed by atoms with E-state index in [0.29, 0.717) is 32.5 Å². The van der Waals surface area contributed by atoms with Crippen molar-refractivity contribution in [2.75, 3.05) is 19.6 Å². The summed E-state index contributed by atoms with van der Waals surface area (Å²) in [5.74, 6) is -1.49. The van der Waals surface area contributed by atoms with Crippen LogP contribution in [0.4, 0.5) is 0 Å². The number of phenols is 2. The van der Waals surface area contributed by atoms with Crippen molar-refractivity contribution in [3.05, 3.63) is 23.8 Å². The van der Waals surface area contributed by atoms with Crippen molar-refractivity contribution in [2.24, 2.45) is 5.73 Å². The summed E-state index contributed by atoms with van der Waals surface area (Å²) in [6.45, 7) is 2.66. The van der Waals surface area contributed by atoms with Crippen molar-refractivity contribution in [3.63, 3.8) is 0 Å². The van der Waals surface area contributed by atoms with Crippen molar-refractivity contribution in [3.8, 4) is 11.5 Å². The molecule has 7 N–H and O–H groups in total. The first-order valence-electron chi connectivity index (χ1n) is 9.37. The minimum absolute atomic E-state index is 0.0264. The Balaban J connectivity index is 2.10. The number of nitrogens with two attached hydrogens (primary N) is 1. The number of nitrogens with one attached hydrogen (secondary N) is 3. The highest BCUT2D eigenvalue weighted by molar-refractivity contribution is 5.97. The van der Waals surface area contributed by atoms with E-state index in [0.717, 1.165) is 12.8 Å². The van der Waals surface area contributed by atoms with E-state index in [1.807, 2.05) is 0 Å². The van der Waals surface area contributed by atoms with Gasteiger partial charge in [0.05, 0.1) is 5.56 Å². The van der Waals surface area contributed by atoms with Crippen LogP contribution in [0, 0.1) is 0 Å². The lowest BCUT2D eigenvalue weighted by Crippen LogP contribution is -2.31. The highest BCUT2D eigenvalue weighted by atomic mass is 16.3. The average molecular weight is 394 g/mol. The number of carbonyl (C=O) groups excluding carboxylic acids is 3. The number of phenolic OH excluding ortho intramolecular Hbond substituents is 2. The average Bonchev–Trinajstić information content (AvgIpc) is 2.64. The van der Waals surface area contributed by atoms with Crippen molar-refractivity contribution >= 4 is 17.7 Å². The maximum atomic E-state index is 12.0. The van der Waals surface area contributed by atoms with E-state index in [4.69, 9.17) is 5.73 Å². The van der Waals surface area contributed by atoms with Crippen LogP contribution in [0.1, 0.15) is 49.4 Å². The predicted octanol–water partition coefficient (Wildman–Crippen LogP) is 0.358. The smallest absolute Gasteiger partial charge is 0.255 e. The maximum absolute atomic E-state index is 12.0. The van der Waals surface area contributed by atoms with Crippen LogP contribution in [0.3, 0.4) is 0 Å². The fraction of sp³-hybridized carbons (Fsp3) is 0.526. The Morgan fingerprint density at radius 3 is 2.29 bits per heavy atom. The first-order valence-corrected chi connectivity index (χ1v) is 9.37. The van der Waals surface area contributed by atoms with E-state index >= 15 is 0 Å². The molecule has 0 bridgehead atoms. The van der Waals surface area contributed by atoms with Gasteiger partial charge in [-0.1, -0.05) is 6.07 Å². The summed E-state index contributed by atoms with van der Waals surface area (Å²) in [6, 6.07) is 4.18. The number of benzene rings is 1. The van der Waals surface area contributed by atoms with E-state index in [-0.39, 0.29) is 35.6 Å². The molecule has 1 unspecified atom stereocenters. The third-order valence-corrected chi connectivity index (χ3v) is 4.10. The zero-order valence-electron chi connectivity index (χ0n) is 16.2. The van der Waals surface area contributed by atoms with Gasteiger partial charge in [0.2, 0.25) is 11.8 Å². The van der Waals surface area contributed by atoms with E-state index in [1.165, 1.54) is 25.1 Å². The topological polar surface area (TPSA) is 154 Å². The zero-order valence-corrected chi connectivity index (χ0v) is 16.2. The largest absolute Gasteiger partial charge is 0.504 e. The second kappa shape index (κ2) is 12.6. The molecule has 0 aliphatic heterocycles. The first-order chi connectivity index (χ1) is 13.3. The third kappa shape index (κ3) is 9.22. The first kappa shape index (κ1) is 23.2. The van der Waals surface area contributed by atoms with E-state index in [2.05, 4.69) is 16.0 Å². The van der Waals surface area contributed by atoms with Gasteiger partial charge in [0.15, 0.2) is 11.5 Å². The Morgan fingerprint density at radius 2 is 1.64 bits per heavy atom. The van der Waals surface area contributed by atoms with Gasteiger partial charge in [0.1, 0.15) is 0 Å². The van der Waals surface area contributed by atoms with Crippen molar-refractivity contribution in [2.45, 2.75) is 45.1 Å². The zero-order chi connectivity index (χ0) is 20.9. The fourth-order valence-corrected chi connectivity index (χ4v) is 2.55. The molecule has 9 nitrogen and oxygen atoms in total. The number of para-hydroxylation sites is 1. The molecule has 28 heavy (non-hydrogen) atoms. The van der Waals surface area contributed by atoms with Crippen LogP contribution < -0.4 is 21.7 Å². The molecule has 0 radical (unpaired) electrons. The molecule has 156 valence electrons. The van der Waals surface area contributed by atoms with Crippen LogP contribution in [-0.2, 0) is 9.59 Å². The van der Waals surface area contributed by atoms with Crippen LogP contribution >= 0.6 is 0 Å². The van der Waals surface area contributed by atoms with Gasteiger partial charge in [-0.2, -0.15) is 0 Å². The molecule has 1 aromatic carbocycles.